The smallest absolute Gasteiger partial charge is 0.336 e. The van der Waals surface area contributed by atoms with Gasteiger partial charge in [-0.1, -0.05) is 43.0 Å². The third-order valence-corrected chi connectivity index (χ3v) is 4.78. The van der Waals surface area contributed by atoms with Gasteiger partial charge >= 0.3 is 5.97 Å². The fourth-order valence-electron chi connectivity index (χ4n) is 3.57. The van der Waals surface area contributed by atoms with E-state index in [9.17, 15) is 9.59 Å². The Morgan fingerprint density at radius 1 is 1.11 bits per heavy atom. The maximum atomic E-state index is 12.9. The molecule has 2 heterocycles. The van der Waals surface area contributed by atoms with Gasteiger partial charge < -0.3 is 9.47 Å². The summed E-state index contributed by atoms with van der Waals surface area (Å²) in [5, 5.41) is 0. The molecule has 136 valence electrons. The van der Waals surface area contributed by atoms with E-state index in [2.05, 4.69) is 6.58 Å². The molecule has 0 saturated heterocycles. The average molecular weight is 361 g/mol. The fourth-order valence-corrected chi connectivity index (χ4v) is 3.57. The molecule has 5 heteroatoms. The predicted octanol–water partition coefficient (Wildman–Crippen LogP) is 3.58. The van der Waals surface area contributed by atoms with Gasteiger partial charge in [0.15, 0.2) is 0 Å². The van der Waals surface area contributed by atoms with Crippen LogP contribution in [0.15, 0.2) is 78.5 Å². The summed E-state index contributed by atoms with van der Waals surface area (Å²) < 4.78 is 10.8. The molecule has 0 unspecified atom stereocenters. The molecule has 0 aromatic heterocycles. The maximum absolute atomic E-state index is 12.9. The van der Waals surface area contributed by atoms with Crippen LogP contribution in [0, 0.1) is 0 Å². The molecule has 2 aromatic rings. The van der Waals surface area contributed by atoms with E-state index in [0.717, 1.165) is 17.0 Å². The zero-order valence-corrected chi connectivity index (χ0v) is 14.8. The van der Waals surface area contributed by atoms with Crippen molar-refractivity contribution in [2.45, 2.75) is 12.3 Å². The number of carbonyl (C=O) groups excluding carboxylic acids is 2. The molecule has 1 atom stereocenters. The summed E-state index contributed by atoms with van der Waals surface area (Å²) >= 11 is 0. The van der Waals surface area contributed by atoms with Crippen molar-refractivity contribution in [2.24, 2.45) is 0 Å². The largest absolute Gasteiger partial charge is 0.490 e. The Labute approximate surface area is 157 Å². The van der Waals surface area contributed by atoms with Crippen LogP contribution < -0.4 is 9.64 Å². The Morgan fingerprint density at radius 2 is 1.85 bits per heavy atom. The number of hydrogen-bond acceptors (Lipinski definition) is 4. The highest BCUT2D eigenvalue weighted by Gasteiger charge is 2.42. The van der Waals surface area contributed by atoms with Crippen molar-refractivity contribution < 1.29 is 19.1 Å². The lowest BCUT2D eigenvalue weighted by atomic mass is 9.84. The minimum absolute atomic E-state index is 0.0461. The topological polar surface area (TPSA) is 55.8 Å². The first kappa shape index (κ1) is 17.1. The van der Waals surface area contributed by atoms with E-state index < -0.39 is 0 Å². The lowest BCUT2D eigenvalue weighted by Gasteiger charge is -2.31. The highest BCUT2D eigenvalue weighted by atomic mass is 16.5. The molecule has 2 aliphatic heterocycles. The van der Waals surface area contributed by atoms with Crippen LogP contribution in [0.4, 0.5) is 5.69 Å². The van der Waals surface area contributed by atoms with Crippen molar-refractivity contribution >= 4 is 17.6 Å². The van der Waals surface area contributed by atoms with Gasteiger partial charge in [0.2, 0.25) is 5.91 Å². The van der Waals surface area contributed by atoms with Gasteiger partial charge in [0.25, 0.3) is 0 Å². The maximum Gasteiger partial charge on any atom is 0.336 e. The summed E-state index contributed by atoms with van der Waals surface area (Å²) in [5.74, 6) is 0.0106. The Kier molecular flexibility index (Phi) is 4.50. The van der Waals surface area contributed by atoms with Crippen molar-refractivity contribution in [3.05, 3.63) is 84.1 Å². The first-order valence-electron chi connectivity index (χ1n) is 8.81. The average Bonchev–Trinajstić information content (AvgIpc) is 3.08. The molecule has 0 N–H and O–H groups in total. The SMILES string of the molecule is C=CCOc1ccc([C@H]2CC(=O)N(c3ccccc3)C3=C2C(=O)OC3)cc1. The summed E-state index contributed by atoms with van der Waals surface area (Å²) in [6.45, 7) is 4.17. The quantitative estimate of drug-likeness (QED) is 0.603. The fraction of sp³-hybridized carbons (Fsp3) is 0.182. The van der Waals surface area contributed by atoms with Crippen molar-refractivity contribution in [1.82, 2.24) is 0 Å². The van der Waals surface area contributed by atoms with Gasteiger partial charge in [-0.3, -0.25) is 9.69 Å². The van der Waals surface area contributed by atoms with E-state index in [0.29, 0.717) is 17.9 Å². The summed E-state index contributed by atoms with van der Waals surface area (Å²) in [4.78, 5) is 27.0. The van der Waals surface area contributed by atoms with Gasteiger partial charge in [-0.2, -0.15) is 0 Å². The number of ether oxygens (including phenoxy) is 2. The van der Waals surface area contributed by atoms with E-state index in [1.165, 1.54) is 0 Å². The van der Waals surface area contributed by atoms with Gasteiger partial charge in [-0.25, -0.2) is 4.79 Å². The van der Waals surface area contributed by atoms with Crippen LogP contribution in [0.3, 0.4) is 0 Å². The molecule has 0 aliphatic carbocycles. The lowest BCUT2D eigenvalue weighted by molar-refractivity contribution is -0.136. The second-order valence-electron chi connectivity index (χ2n) is 6.43. The summed E-state index contributed by atoms with van der Waals surface area (Å²) in [6.07, 6.45) is 1.90. The summed E-state index contributed by atoms with van der Waals surface area (Å²) in [7, 11) is 0. The number of benzene rings is 2. The molecule has 0 fully saturated rings. The molecule has 27 heavy (non-hydrogen) atoms. The Balaban J connectivity index is 1.71. The standard InChI is InChI=1S/C22H19NO4/c1-2-12-26-17-10-8-15(9-11-17)18-13-20(24)23(16-6-4-3-5-7-16)19-14-27-22(25)21(18)19/h2-11,18H,1,12-14H2/t18-/m1/s1. The molecule has 2 aromatic carbocycles. The summed E-state index contributed by atoms with van der Waals surface area (Å²) in [5.41, 5.74) is 2.85. The van der Waals surface area contributed by atoms with Gasteiger partial charge in [-0.05, 0) is 29.8 Å². The molecule has 0 saturated carbocycles. The van der Waals surface area contributed by atoms with E-state index in [4.69, 9.17) is 9.47 Å². The summed E-state index contributed by atoms with van der Waals surface area (Å²) in [6, 6.07) is 16.8. The van der Waals surface area contributed by atoms with E-state index in [1.54, 1.807) is 11.0 Å². The lowest BCUT2D eigenvalue weighted by Crippen LogP contribution is -2.37. The minimum Gasteiger partial charge on any atom is -0.490 e. The monoisotopic (exact) mass is 361 g/mol. The Hall–Kier alpha value is -3.34. The molecule has 5 nitrogen and oxygen atoms in total. The van der Waals surface area contributed by atoms with Crippen LogP contribution in [-0.4, -0.2) is 25.1 Å². The predicted molar refractivity (Wildman–Crippen MR) is 101 cm³/mol. The van der Waals surface area contributed by atoms with Crippen LogP contribution in [0.1, 0.15) is 17.9 Å². The molecule has 2 aliphatic rings. The number of carbonyl (C=O) groups is 2. The van der Waals surface area contributed by atoms with Crippen molar-refractivity contribution in [3.8, 4) is 5.75 Å². The zero-order chi connectivity index (χ0) is 18.8. The van der Waals surface area contributed by atoms with Crippen molar-refractivity contribution in [1.29, 1.82) is 0 Å². The Morgan fingerprint density at radius 3 is 2.56 bits per heavy atom. The third-order valence-electron chi connectivity index (χ3n) is 4.78. The molecule has 0 bridgehead atoms. The number of amides is 1. The normalized spacial score (nSPS) is 19.0. The number of rotatable bonds is 5. The van der Waals surface area contributed by atoms with Crippen LogP contribution >= 0.6 is 0 Å². The molecule has 1 amide bonds. The van der Waals surface area contributed by atoms with Crippen LogP contribution in [0.5, 0.6) is 5.75 Å². The zero-order valence-electron chi connectivity index (χ0n) is 14.8. The van der Waals surface area contributed by atoms with Gasteiger partial charge in [0, 0.05) is 18.0 Å². The highest BCUT2D eigenvalue weighted by Crippen LogP contribution is 2.42. The molecule has 0 radical (unpaired) electrons. The van der Waals surface area contributed by atoms with Crippen LogP contribution in [0.2, 0.25) is 0 Å². The third kappa shape index (κ3) is 3.12. The number of hydrogen-bond donors (Lipinski definition) is 0. The van der Waals surface area contributed by atoms with Gasteiger partial charge in [-0.15, -0.1) is 0 Å². The number of esters is 1. The van der Waals surface area contributed by atoms with Crippen molar-refractivity contribution in [3.63, 3.8) is 0 Å². The highest BCUT2D eigenvalue weighted by molar-refractivity contribution is 6.06. The second kappa shape index (κ2) is 7.11. The van der Waals surface area contributed by atoms with E-state index in [1.807, 2.05) is 54.6 Å². The van der Waals surface area contributed by atoms with E-state index in [-0.39, 0.29) is 30.8 Å². The van der Waals surface area contributed by atoms with E-state index >= 15 is 0 Å². The number of cyclic esters (lactones) is 1. The Bertz CT molecular complexity index is 915. The van der Waals surface area contributed by atoms with Gasteiger partial charge in [0.05, 0.1) is 11.3 Å². The van der Waals surface area contributed by atoms with Gasteiger partial charge in [0.1, 0.15) is 19.0 Å². The minimum atomic E-state index is -0.351. The molecular weight excluding hydrogens is 342 g/mol. The second-order valence-corrected chi connectivity index (χ2v) is 6.43. The first-order valence-corrected chi connectivity index (χ1v) is 8.81. The van der Waals surface area contributed by atoms with Crippen LogP contribution in [0.25, 0.3) is 0 Å². The number of nitrogens with zero attached hydrogens (tertiary/aromatic N) is 1. The number of anilines is 1. The van der Waals surface area contributed by atoms with Crippen molar-refractivity contribution in [2.75, 3.05) is 18.1 Å². The number of para-hydroxylation sites is 1. The molecule has 4 rings (SSSR count). The molecule has 0 spiro atoms. The van der Waals surface area contributed by atoms with Crippen LogP contribution in [-0.2, 0) is 14.3 Å². The molecular formula is C22H19NO4. The first-order chi connectivity index (χ1) is 13.2.